The van der Waals surface area contributed by atoms with Gasteiger partial charge >= 0.3 is 5.97 Å². The molecule has 0 spiro atoms. The molecule has 78 valence electrons. The van der Waals surface area contributed by atoms with Crippen molar-refractivity contribution < 1.29 is 9.90 Å². The molecule has 3 N–H and O–H groups in total. The first-order valence-electron chi connectivity index (χ1n) is 3.92. The van der Waals surface area contributed by atoms with Gasteiger partial charge < -0.3 is 10.8 Å². The number of carbonyl (C=O) groups is 1. The summed E-state index contributed by atoms with van der Waals surface area (Å²) in [4.78, 5) is 14.6. The second-order valence-corrected chi connectivity index (χ2v) is 4.29. The third-order valence-electron chi connectivity index (χ3n) is 1.77. The van der Waals surface area contributed by atoms with Crippen molar-refractivity contribution in [3.05, 3.63) is 4.73 Å². The van der Waals surface area contributed by atoms with Crippen molar-refractivity contribution in [2.45, 2.75) is 20.4 Å². The highest BCUT2D eigenvalue weighted by molar-refractivity contribution is 9.10. The number of nitrogen functional groups attached to an aromatic ring is 1. The number of anilines is 1. The van der Waals surface area contributed by atoms with Crippen LogP contribution in [0.1, 0.15) is 13.8 Å². The van der Waals surface area contributed by atoms with Crippen molar-refractivity contribution in [1.82, 2.24) is 14.8 Å². The van der Waals surface area contributed by atoms with E-state index in [4.69, 9.17) is 10.8 Å². The monoisotopic (exact) mass is 262 g/mol. The van der Waals surface area contributed by atoms with Crippen LogP contribution in [0.4, 0.5) is 5.95 Å². The molecule has 14 heavy (non-hydrogen) atoms. The summed E-state index contributed by atoms with van der Waals surface area (Å²) in [5.74, 6) is -0.767. The van der Waals surface area contributed by atoms with E-state index < -0.39 is 11.4 Å². The molecule has 0 aliphatic carbocycles. The molecule has 0 bridgehead atoms. The fourth-order valence-electron chi connectivity index (χ4n) is 0.882. The molecule has 0 aromatic carbocycles. The number of carboxylic acids is 1. The maximum atomic E-state index is 10.8. The van der Waals surface area contributed by atoms with E-state index in [1.165, 1.54) is 4.68 Å². The normalized spacial score (nSPS) is 11.6. The molecule has 1 aromatic rings. The average molecular weight is 263 g/mol. The summed E-state index contributed by atoms with van der Waals surface area (Å²) < 4.78 is 1.85. The number of halogens is 1. The molecule has 6 nitrogen and oxygen atoms in total. The molecule has 0 atom stereocenters. The van der Waals surface area contributed by atoms with E-state index in [2.05, 4.69) is 26.0 Å². The summed E-state index contributed by atoms with van der Waals surface area (Å²) in [5, 5.41) is 12.7. The number of nitrogens with two attached hydrogens (primary N) is 1. The van der Waals surface area contributed by atoms with Gasteiger partial charge in [0, 0.05) is 0 Å². The maximum Gasteiger partial charge on any atom is 0.310 e. The molecule has 0 fully saturated rings. The predicted octanol–water partition coefficient (Wildman–Crippen LogP) is 0.734. The Morgan fingerprint density at radius 2 is 2.29 bits per heavy atom. The van der Waals surface area contributed by atoms with Crippen LogP contribution in [0.25, 0.3) is 0 Å². The average Bonchev–Trinajstić information content (AvgIpc) is 2.29. The molecular formula is C7H11BrN4O2. The standard InChI is InChI=1S/C7H11BrN4O2/c1-7(2,4(13)14)3-12-5(8)10-6(9)11-12/h3H2,1-2H3,(H2,9,11)(H,13,14). The Morgan fingerprint density at radius 3 is 2.64 bits per heavy atom. The lowest BCUT2D eigenvalue weighted by Gasteiger charge is -2.18. The van der Waals surface area contributed by atoms with Crippen LogP contribution in [0, 0.1) is 5.41 Å². The van der Waals surface area contributed by atoms with E-state index in [1.54, 1.807) is 13.8 Å². The number of nitrogens with zero attached hydrogens (tertiary/aromatic N) is 3. The Bertz CT molecular complexity index is 361. The van der Waals surface area contributed by atoms with E-state index in [9.17, 15) is 4.79 Å². The molecule has 0 amide bonds. The molecular weight excluding hydrogens is 252 g/mol. The number of carboxylic acid groups (broad SMARTS) is 1. The zero-order valence-corrected chi connectivity index (χ0v) is 9.45. The van der Waals surface area contributed by atoms with Gasteiger partial charge in [0.1, 0.15) is 0 Å². The summed E-state index contributed by atoms with van der Waals surface area (Å²) in [7, 11) is 0. The molecule has 0 aliphatic heterocycles. The Morgan fingerprint density at radius 1 is 1.71 bits per heavy atom. The van der Waals surface area contributed by atoms with Gasteiger partial charge in [-0.05, 0) is 29.8 Å². The zero-order chi connectivity index (χ0) is 10.9. The number of rotatable bonds is 3. The van der Waals surface area contributed by atoms with Gasteiger partial charge in [-0.2, -0.15) is 4.98 Å². The number of aromatic nitrogens is 3. The number of aliphatic carboxylic acids is 1. The second-order valence-electron chi connectivity index (χ2n) is 3.59. The predicted molar refractivity (Wildman–Crippen MR) is 53.6 cm³/mol. The van der Waals surface area contributed by atoms with Crippen molar-refractivity contribution in [3.63, 3.8) is 0 Å². The minimum atomic E-state index is -0.900. The minimum Gasteiger partial charge on any atom is -0.481 e. The summed E-state index contributed by atoms with van der Waals surface area (Å²) >= 11 is 3.14. The molecule has 0 aliphatic rings. The van der Waals surface area contributed by atoms with Crippen LogP contribution < -0.4 is 5.73 Å². The molecule has 0 saturated heterocycles. The van der Waals surface area contributed by atoms with Crippen LogP contribution in [0.2, 0.25) is 0 Å². The zero-order valence-electron chi connectivity index (χ0n) is 7.86. The van der Waals surface area contributed by atoms with Gasteiger partial charge in [0.2, 0.25) is 5.95 Å². The lowest BCUT2D eigenvalue weighted by atomic mass is 9.94. The third-order valence-corrected chi connectivity index (χ3v) is 2.35. The third kappa shape index (κ3) is 2.22. The molecule has 7 heteroatoms. The highest BCUT2D eigenvalue weighted by Gasteiger charge is 2.29. The van der Waals surface area contributed by atoms with E-state index in [-0.39, 0.29) is 12.5 Å². The Labute approximate surface area is 89.2 Å². The molecule has 0 saturated carbocycles. The van der Waals surface area contributed by atoms with Crippen LogP contribution in [0.3, 0.4) is 0 Å². The minimum absolute atomic E-state index is 0.123. The summed E-state index contributed by atoms with van der Waals surface area (Å²) in [6, 6.07) is 0. The number of hydrogen-bond donors (Lipinski definition) is 2. The highest BCUT2D eigenvalue weighted by atomic mass is 79.9. The fourth-order valence-corrected chi connectivity index (χ4v) is 1.27. The smallest absolute Gasteiger partial charge is 0.310 e. The lowest BCUT2D eigenvalue weighted by Crippen LogP contribution is -2.29. The Hall–Kier alpha value is -1.11. The van der Waals surface area contributed by atoms with E-state index in [0.717, 1.165) is 0 Å². The second kappa shape index (κ2) is 3.56. The quantitative estimate of drug-likeness (QED) is 0.838. The first-order valence-corrected chi connectivity index (χ1v) is 4.71. The topological polar surface area (TPSA) is 94.0 Å². The largest absolute Gasteiger partial charge is 0.481 e. The van der Waals surface area contributed by atoms with Gasteiger partial charge in [-0.1, -0.05) is 0 Å². The Kier molecular flexibility index (Phi) is 2.79. The molecule has 0 radical (unpaired) electrons. The van der Waals surface area contributed by atoms with E-state index in [1.807, 2.05) is 0 Å². The van der Waals surface area contributed by atoms with Crippen LogP contribution >= 0.6 is 15.9 Å². The van der Waals surface area contributed by atoms with Gasteiger partial charge in [0.05, 0.1) is 12.0 Å². The first-order chi connectivity index (χ1) is 6.33. The van der Waals surface area contributed by atoms with Gasteiger partial charge in [-0.15, -0.1) is 5.10 Å². The fraction of sp³-hybridized carbons (Fsp3) is 0.571. The first kappa shape index (κ1) is 11.0. The van der Waals surface area contributed by atoms with Crippen LogP contribution in [0.15, 0.2) is 4.73 Å². The van der Waals surface area contributed by atoms with E-state index in [0.29, 0.717) is 4.73 Å². The SMILES string of the molecule is CC(C)(Cn1nc(N)nc1Br)C(=O)O. The summed E-state index contributed by atoms with van der Waals surface area (Å²) in [6.07, 6.45) is 0. The van der Waals surface area contributed by atoms with Crippen molar-refractivity contribution in [1.29, 1.82) is 0 Å². The van der Waals surface area contributed by atoms with Crippen molar-refractivity contribution >= 4 is 27.8 Å². The lowest BCUT2D eigenvalue weighted by molar-refractivity contribution is -0.147. The maximum absolute atomic E-state index is 10.8. The van der Waals surface area contributed by atoms with Crippen LogP contribution in [-0.2, 0) is 11.3 Å². The van der Waals surface area contributed by atoms with Gasteiger partial charge in [0.25, 0.3) is 0 Å². The van der Waals surface area contributed by atoms with Crippen molar-refractivity contribution in [2.75, 3.05) is 5.73 Å². The van der Waals surface area contributed by atoms with Crippen LogP contribution in [0.5, 0.6) is 0 Å². The van der Waals surface area contributed by atoms with Crippen LogP contribution in [-0.4, -0.2) is 25.8 Å². The summed E-state index contributed by atoms with van der Waals surface area (Å²) in [6.45, 7) is 3.44. The molecule has 1 heterocycles. The number of hydrogen-bond acceptors (Lipinski definition) is 4. The highest BCUT2D eigenvalue weighted by Crippen LogP contribution is 2.20. The van der Waals surface area contributed by atoms with Gasteiger partial charge in [-0.3, -0.25) is 4.79 Å². The van der Waals surface area contributed by atoms with Crippen molar-refractivity contribution in [2.24, 2.45) is 5.41 Å². The molecule has 0 unspecified atom stereocenters. The molecule has 1 aromatic heterocycles. The molecule has 1 rings (SSSR count). The van der Waals surface area contributed by atoms with E-state index >= 15 is 0 Å². The summed E-state index contributed by atoms with van der Waals surface area (Å²) in [5.41, 5.74) is 4.45. The Balaban J connectivity index is 2.88. The van der Waals surface area contributed by atoms with Gasteiger partial charge in [-0.25, -0.2) is 4.68 Å². The van der Waals surface area contributed by atoms with Gasteiger partial charge in [0.15, 0.2) is 4.73 Å². The van der Waals surface area contributed by atoms with Crippen molar-refractivity contribution in [3.8, 4) is 0 Å².